The van der Waals surface area contributed by atoms with Crippen molar-refractivity contribution in [2.45, 2.75) is 44.1 Å². The van der Waals surface area contributed by atoms with Crippen LogP contribution in [0.3, 0.4) is 0 Å². The average Bonchev–Trinajstić information content (AvgIpc) is 2.37. The van der Waals surface area contributed by atoms with Gasteiger partial charge in [0.15, 0.2) is 0 Å². The van der Waals surface area contributed by atoms with E-state index in [0.717, 1.165) is 17.3 Å². The Morgan fingerprint density at radius 2 is 1.89 bits per heavy atom. The molecule has 0 aliphatic carbocycles. The van der Waals surface area contributed by atoms with E-state index < -0.39 is 0 Å². The Bertz CT molecular complexity index is 449. The first-order valence-electron chi connectivity index (χ1n) is 6.84. The van der Waals surface area contributed by atoms with Crippen LogP contribution in [0.25, 0.3) is 0 Å². The second-order valence-corrected chi connectivity index (χ2v) is 7.94. The number of anilines is 1. The SMILES string of the molecule is CNc1nc(C2SCCSC2C)nc(C)c1C(C)C. The fraction of sp³-hybridized carbons (Fsp3) is 0.714. The minimum Gasteiger partial charge on any atom is -0.373 e. The zero-order valence-corrected chi connectivity index (χ0v) is 14.0. The molecule has 1 saturated heterocycles. The summed E-state index contributed by atoms with van der Waals surface area (Å²) in [5.74, 6) is 4.88. The average molecular weight is 297 g/mol. The number of aromatic nitrogens is 2. The number of aryl methyl sites for hydroxylation is 1. The predicted octanol–water partition coefficient (Wildman–Crippen LogP) is 3.86. The fourth-order valence-electron chi connectivity index (χ4n) is 2.53. The highest BCUT2D eigenvalue weighted by Gasteiger charge is 2.28. The van der Waals surface area contributed by atoms with E-state index in [1.165, 1.54) is 17.1 Å². The first-order valence-corrected chi connectivity index (χ1v) is 8.93. The Morgan fingerprint density at radius 3 is 2.47 bits per heavy atom. The Morgan fingerprint density at radius 1 is 1.21 bits per heavy atom. The van der Waals surface area contributed by atoms with Crippen molar-refractivity contribution in [2.75, 3.05) is 23.9 Å². The van der Waals surface area contributed by atoms with Crippen molar-refractivity contribution in [3.63, 3.8) is 0 Å². The van der Waals surface area contributed by atoms with Crippen LogP contribution in [-0.2, 0) is 0 Å². The molecule has 1 aromatic rings. The molecule has 5 heteroatoms. The molecule has 0 amide bonds. The van der Waals surface area contributed by atoms with E-state index in [9.17, 15) is 0 Å². The molecule has 0 radical (unpaired) electrons. The summed E-state index contributed by atoms with van der Waals surface area (Å²) in [4.78, 5) is 9.58. The largest absolute Gasteiger partial charge is 0.373 e. The Hall–Kier alpha value is -0.420. The highest BCUT2D eigenvalue weighted by molar-refractivity contribution is 8.06. The third-order valence-electron chi connectivity index (χ3n) is 3.41. The van der Waals surface area contributed by atoms with Crippen LogP contribution >= 0.6 is 23.5 Å². The van der Waals surface area contributed by atoms with Gasteiger partial charge in [0.05, 0.1) is 5.25 Å². The van der Waals surface area contributed by atoms with Crippen LogP contribution in [0.2, 0.25) is 0 Å². The lowest BCUT2D eigenvalue weighted by atomic mass is 10.0. The van der Waals surface area contributed by atoms with E-state index in [2.05, 4.69) is 33.0 Å². The molecule has 2 heterocycles. The van der Waals surface area contributed by atoms with Gasteiger partial charge in [0.25, 0.3) is 0 Å². The molecule has 1 aromatic heterocycles. The molecule has 19 heavy (non-hydrogen) atoms. The van der Waals surface area contributed by atoms with Gasteiger partial charge >= 0.3 is 0 Å². The van der Waals surface area contributed by atoms with E-state index in [1.54, 1.807) is 0 Å². The maximum Gasteiger partial charge on any atom is 0.145 e. The highest BCUT2D eigenvalue weighted by atomic mass is 32.2. The molecule has 1 fully saturated rings. The van der Waals surface area contributed by atoms with Crippen molar-refractivity contribution in [3.8, 4) is 0 Å². The standard InChI is InChI=1S/C14H23N3S2/c1-8(2)11-9(3)16-14(17-13(11)15-5)12-10(4)18-6-7-19-12/h8,10,12H,6-7H2,1-5H3,(H,15,16,17). The van der Waals surface area contributed by atoms with Gasteiger partial charge in [-0.1, -0.05) is 20.8 Å². The van der Waals surface area contributed by atoms with Gasteiger partial charge in [-0.2, -0.15) is 11.8 Å². The summed E-state index contributed by atoms with van der Waals surface area (Å²) in [5, 5.41) is 4.26. The maximum absolute atomic E-state index is 4.79. The van der Waals surface area contributed by atoms with Crippen LogP contribution < -0.4 is 5.32 Å². The number of nitrogens with zero attached hydrogens (tertiary/aromatic N) is 2. The van der Waals surface area contributed by atoms with Gasteiger partial charge in [0.1, 0.15) is 11.6 Å². The lowest BCUT2D eigenvalue weighted by Crippen LogP contribution is -2.20. The van der Waals surface area contributed by atoms with Gasteiger partial charge in [0, 0.05) is 35.1 Å². The van der Waals surface area contributed by atoms with Gasteiger partial charge in [0.2, 0.25) is 0 Å². The van der Waals surface area contributed by atoms with E-state index in [1.807, 2.05) is 30.6 Å². The van der Waals surface area contributed by atoms with E-state index in [4.69, 9.17) is 9.97 Å². The molecule has 2 unspecified atom stereocenters. The van der Waals surface area contributed by atoms with E-state index in [-0.39, 0.29) is 0 Å². The number of hydrogen-bond acceptors (Lipinski definition) is 5. The van der Waals surface area contributed by atoms with Crippen molar-refractivity contribution in [1.82, 2.24) is 9.97 Å². The third kappa shape index (κ3) is 3.19. The summed E-state index contributed by atoms with van der Waals surface area (Å²) in [6, 6.07) is 0. The van der Waals surface area contributed by atoms with E-state index in [0.29, 0.717) is 16.4 Å². The van der Waals surface area contributed by atoms with Crippen molar-refractivity contribution in [3.05, 3.63) is 17.1 Å². The summed E-state index contributed by atoms with van der Waals surface area (Å²) < 4.78 is 0. The second kappa shape index (κ2) is 6.35. The van der Waals surface area contributed by atoms with Gasteiger partial charge < -0.3 is 5.32 Å². The van der Waals surface area contributed by atoms with Crippen LogP contribution in [0.5, 0.6) is 0 Å². The first kappa shape index (κ1) is 15.0. The third-order valence-corrected chi connectivity index (χ3v) is 6.50. The second-order valence-electron chi connectivity index (χ2n) is 5.20. The zero-order chi connectivity index (χ0) is 14.0. The summed E-state index contributed by atoms with van der Waals surface area (Å²) in [6.07, 6.45) is 0. The summed E-state index contributed by atoms with van der Waals surface area (Å²) in [7, 11) is 1.95. The number of rotatable bonds is 3. The summed E-state index contributed by atoms with van der Waals surface area (Å²) in [6.45, 7) is 8.78. The van der Waals surface area contributed by atoms with Gasteiger partial charge in [-0.25, -0.2) is 9.97 Å². The van der Waals surface area contributed by atoms with Crippen molar-refractivity contribution in [2.24, 2.45) is 0 Å². The molecular weight excluding hydrogens is 274 g/mol. The Balaban J connectivity index is 2.39. The fourth-order valence-corrected chi connectivity index (χ4v) is 5.22. The Labute approximate surface area is 124 Å². The Kier molecular flexibility index (Phi) is 5.01. The normalized spacial score (nSPS) is 23.7. The molecule has 0 saturated carbocycles. The van der Waals surface area contributed by atoms with E-state index >= 15 is 0 Å². The smallest absolute Gasteiger partial charge is 0.145 e. The highest BCUT2D eigenvalue weighted by Crippen LogP contribution is 2.42. The zero-order valence-electron chi connectivity index (χ0n) is 12.4. The molecule has 3 nitrogen and oxygen atoms in total. The summed E-state index contributed by atoms with van der Waals surface area (Å²) >= 11 is 4.02. The maximum atomic E-state index is 4.79. The molecule has 1 aliphatic rings. The quantitative estimate of drug-likeness (QED) is 0.917. The number of thioether (sulfide) groups is 2. The molecule has 0 bridgehead atoms. The van der Waals surface area contributed by atoms with Crippen LogP contribution in [0.4, 0.5) is 5.82 Å². The number of hydrogen-bond donors (Lipinski definition) is 1. The molecular formula is C14H23N3S2. The molecule has 0 spiro atoms. The molecule has 2 rings (SSSR count). The monoisotopic (exact) mass is 297 g/mol. The lowest BCUT2D eigenvalue weighted by Gasteiger charge is -2.27. The lowest BCUT2D eigenvalue weighted by molar-refractivity contribution is 0.778. The molecule has 106 valence electrons. The van der Waals surface area contributed by atoms with Crippen molar-refractivity contribution >= 4 is 29.3 Å². The van der Waals surface area contributed by atoms with Crippen LogP contribution in [0.1, 0.15) is 49.0 Å². The first-order chi connectivity index (χ1) is 9.04. The number of nitrogens with one attached hydrogen (secondary N) is 1. The molecule has 1 aliphatic heterocycles. The van der Waals surface area contributed by atoms with Crippen LogP contribution in [-0.4, -0.2) is 33.8 Å². The van der Waals surface area contributed by atoms with Crippen LogP contribution in [0, 0.1) is 6.92 Å². The van der Waals surface area contributed by atoms with Gasteiger partial charge in [-0.15, -0.1) is 11.8 Å². The molecule has 2 atom stereocenters. The molecule has 1 N–H and O–H groups in total. The minimum atomic E-state index is 0.422. The summed E-state index contributed by atoms with van der Waals surface area (Å²) in [5.41, 5.74) is 2.36. The topological polar surface area (TPSA) is 37.8 Å². The van der Waals surface area contributed by atoms with Crippen molar-refractivity contribution < 1.29 is 0 Å². The van der Waals surface area contributed by atoms with Crippen molar-refractivity contribution in [1.29, 1.82) is 0 Å². The molecule has 0 aromatic carbocycles. The predicted molar refractivity (Wildman–Crippen MR) is 87.5 cm³/mol. The van der Waals surface area contributed by atoms with Gasteiger partial charge in [-0.3, -0.25) is 0 Å². The van der Waals surface area contributed by atoms with Gasteiger partial charge in [-0.05, 0) is 12.8 Å². The minimum absolute atomic E-state index is 0.422. The van der Waals surface area contributed by atoms with Crippen LogP contribution in [0.15, 0.2) is 0 Å².